The second kappa shape index (κ2) is 68.3. The normalized spacial score (nSPS) is 12.9. The molecule has 1 atom stereocenters. The summed E-state index contributed by atoms with van der Waals surface area (Å²) in [4.78, 5) is 38.5. The van der Waals surface area contributed by atoms with Gasteiger partial charge in [0.25, 0.3) is 0 Å². The molecule has 0 saturated heterocycles. The highest BCUT2D eigenvalue weighted by molar-refractivity contribution is 5.71. The van der Waals surface area contributed by atoms with E-state index in [9.17, 15) is 14.4 Å². The van der Waals surface area contributed by atoms with Gasteiger partial charge >= 0.3 is 17.9 Å². The summed E-state index contributed by atoms with van der Waals surface area (Å²) < 4.78 is 17.0. The van der Waals surface area contributed by atoms with Gasteiger partial charge in [0.2, 0.25) is 0 Å². The van der Waals surface area contributed by atoms with E-state index in [0.29, 0.717) is 19.3 Å². The molecule has 0 spiro atoms. The fourth-order valence-electron chi connectivity index (χ4n) is 9.40. The van der Waals surface area contributed by atoms with Crippen LogP contribution in [-0.2, 0) is 28.6 Å². The van der Waals surface area contributed by atoms with Crippen molar-refractivity contribution in [3.8, 4) is 0 Å². The Bertz CT molecular complexity index is 1670. The van der Waals surface area contributed by atoms with Gasteiger partial charge in [-0.15, -0.1) is 0 Å². The summed E-state index contributed by atoms with van der Waals surface area (Å²) in [7, 11) is 0. The number of carbonyl (C=O) groups excluding carboxylic acids is 3. The van der Waals surface area contributed by atoms with E-state index in [0.717, 1.165) is 148 Å². The summed E-state index contributed by atoms with van der Waals surface area (Å²) in [5.74, 6) is -0.918. The van der Waals surface area contributed by atoms with Crippen LogP contribution >= 0.6 is 0 Å². The quantitative estimate of drug-likeness (QED) is 0.0261. The van der Waals surface area contributed by atoms with Crippen molar-refractivity contribution >= 4 is 17.9 Å². The van der Waals surface area contributed by atoms with E-state index >= 15 is 0 Å². The van der Waals surface area contributed by atoms with Gasteiger partial charge in [0.05, 0.1) is 0 Å². The van der Waals surface area contributed by atoms with Crippen LogP contribution in [-0.4, -0.2) is 37.2 Å². The largest absolute Gasteiger partial charge is 0.462 e. The van der Waals surface area contributed by atoms with E-state index in [1.807, 2.05) is 0 Å². The summed E-state index contributed by atoms with van der Waals surface area (Å²) in [6.07, 6.45) is 94.9. The van der Waals surface area contributed by atoms with Gasteiger partial charge in [-0.3, -0.25) is 14.4 Å². The van der Waals surface area contributed by atoms with Crippen molar-refractivity contribution in [2.75, 3.05) is 13.2 Å². The van der Waals surface area contributed by atoms with E-state index in [2.05, 4.69) is 142 Å². The predicted octanol–water partition coefficient (Wildman–Crippen LogP) is 23.6. The van der Waals surface area contributed by atoms with Gasteiger partial charge in [0, 0.05) is 19.3 Å². The number of rotatable bonds is 61. The van der Waals surface area contributed by atoms with Gasteiger partial charge in [0.1, 0.15) is 13.2 Å². The van der Waals surface area contributed by atoms with E-state index in [1.165, 1.54) is 128 Å². The predicted molar refractivity (Wildman–Crippen MR) is 353 cm³/mol. The molecule has 0 aliphatic heterocycles. The molecule has 81 heavy (non-hydrogen) atoms. The molecule has 0 aromatic rings. The van der Waals surface area contributed by atoms with Crippen molar-refractivity contribution < 1.29 is 28.6 Å². The SMILES string of the molecule is CC/C=C\C/C=C\C/C=C\C/C=C\C/C=C\CCCCCCCC(=O)OC(COC(=O)CCCCCCCC/C=C\C/C=C\C/C=C\C/C=C\CC)COC(=O)CCCCCCCCCCCCC/C=C\CCCCCCCCCC. The maximum Gasteiger partial charge on any atom is 0.306 e. The van der Waals surface area contributed by atoms with Gasteiger partial charge in [-0.25, -0.2) is 0 Å². The molecule has 0 saturated carbocycles. The van der Waals surface area contributed by atoms with E-state index in [-0.39, 0.29) is 31.1 Å². The van der Waals surface area contributed by atoms with Gasteiger partial charge in [-0.1, -0.05) is 290 Å². The van der Waals surface area contributed by atoms with E-state index in [4.69, 9.17) is 14.2 Å². The molecule has 6 nitrogen and oxygen atoms in total. The number of unbranched alkanes of at least 4 members (excludes halogenated alkanes) is 30. The van der Waals surface area contributed by atoms with Crippen LogP contribution in [0.25, 0.3) is 0 Å². The first-order valence-corrected chi connectivity index (χ1v) is 34.0. The van der Waals surface area contributed by atoms with Crippen LogP contribution in [0.4, 0.5) is 0 Å². The van der Waals surface area contributed by atoms with Gasteiger partial charge in [-0.2, -0.15) is 0 Å². The van der Waals surface area contributed by atoms with Crippen LogP contribution in [0, 0.1) is 0 Å². The number of allylic oxidation sites excluding steroid dienone is 20. The first kappa shape index (κ1) is 76.8. The fraction of sp³-hybridized carbons (Fsp3) is 0.693. The first-order valence-electron chi connectivity index (χ1n) is 34.0. The molecule has 0 aromatic heterocycles. The summed E-state index contributed by atoms with van der Waals surface area (Å²) >= 11 is 0. The zero-order valence-electron chi connectivity index (χ0n) is 53.0. The Hall–Kier alpha value is -4.19. The van der Waals surface area contributed by atoms with Crippen molar-refractivity contribution in [2.45, 2.75) is 322 Å². The van der Waals surface area contributed by atoms with Gasteiger partial charge in [-0.05, 0) is 128 Å². The third kappa shape index (κ3) is 66.5. The molecule has 6 heteroatoms. The van der Waals surface area contributed by atoms with Crippen molar-refractivity contribution in [2.24, 2.45) is 0 Å². The monoisotopic (exact) mass is 1120 g/mol. The van der Waals surface area contributed by atoms with Gasteiger partial charge < -0.3 is 14.2 Å². The van der Waals surface area contributed by atoms with Crippen molar-refractivity contribution in [1.82, 2.24) is 0 Å². The number of ether oxygens (including phenoxy) is 3. The summed E-state index contributed by atoms with van der Waals surface area (Å²) in [6, 6.07) is 0. The number of hydrogen-bond donors (Lipinski definition) is 0. The highest BCUT2D eigenvalue weighted by Crippen LogP contribution is 2.16. The zero-order valence-corrected chi connectivity index (χ0v) is 53.0. The molecule has 0 aliphatic carbocycles. The topological polar surface area (TPSA) is 78.9 Å². The van der Waals surface area contributed by atoms with Crippen LogP contribution in [0.5, 0.6) is 0 Å². The van der Waals surface area contributed by atoms with Crippen LogP contribution < -0.4 is 0 Å². The fourth-order valence-corrected chi connectivity index (χ4v) is 9.40. The molecule has 0 rings (SSSR count). The first-order chi connectivity index (χ1) is 40.0. The highest BCUT2D eigenvalue weighted by atomic mass is 16.6. The smallest absolute Gasteiger partial charge is 0.306 e. The Balaban J connectivity index is 4.44. The molecule has 0 amide bonds. The van der Waals surface area contributed by atoms with Crippen molar-refractivity contribution in [1.29, 1.82) is 0 Å². The van der Waals surface area contributed by atoms with Crippen LogP contribution in [0.1, 0.15) is 316 Å². The maximum atomic E-state index is 13.0. The lowest BCUT2D eigenvalue weighted by atomic mass is 10.0. The molecule has 0 aliphatic rings. The Morgan fingerprint density at radius 3 is 0.765 bits per heavy atom. The molecule has 0 radical (unpaired) electrons. The second-order valence-electron chi connectivity index (χ2n) is 22.3. The number of carbonyl (C=O) groups is 3. The Labute approximate surface area is 501 Å². The third-order valence-electron chi connectivity index (χ3n) is 14.4. The molecular weight excluding hydrogens is 997 g/mol. The van der Waals surface area contributed by atoms with Crippen molar-refractivity contribution in [3.05, 3.63) is 122 Å². The highest BCUT2D eigenvalue weighted by Gasteiger charge is 2.19. The molecular formula is C75H126O6. The standard InChI is InChI=1S/C75H126O6/c1-4-7-10-13-16-19-22-25-28-31-34-36-37-39-41-44-47-50-53-56-59-62-65-68-74(77)80-71-72(70-79-73(76)67-64-61-58-55-52-49-46-43-40-33-30-27-24-21-18-15-12-9-6-3)81-75(78)69-66-63-60-57-54-51-48-45-42-38-35-32-29-26-23-20-17-14-11-8-5-2/h8-9,11-12,17-18,20-21,26-27,29-31,34-35,38,40,43,45,48,72H,4-7,10,13-16,19,22-25,28,32-33,36-37,39,41-42,44,46-47,49-71H2,1-3H3/b11-8-,12-9-,20-17-,21-18-,29-26-,30-27-,34-31-,38-35-,43-40-,48-45-. The minimum absolute atomic E-state index is 0.0926. The molecule has 462 valence electrons. The average molecular weight is 1120 g/mol. The van der Waals surface area contributed by atoms with Crippen LogP contribution in [0.15, 0.2) is 122 Å². The lowest BCUT2D eigenvalue weighted by Gasteiger charge is -2.18. The molecule has 0 N–H and O–H groups in total. The average Bonchev–Trinajstić information content (AvgIpc) is 3.47. The molecule has 1 unspecified atom stereocenters. The number of esters is 3. The Kier molecular flexibility index (Phi) is 64.8. The maximum absolute atomic E-state index is 13.0. The Morgan fingerprint density at radius 1 is 0.259 bits per heavy atom. The van der Waals surface area contributed by atoms with Crippen molar-refractivity contribution in [3.63, 3.8) is 0 Å². The summed E-state index contributed by atoms with van der Waals surface area (Å²) in [6.45, 7) is 6.41. The minimum Gasteiger partial charge on any atom is -0.462 e. The zero-order chi connectivity index (χ0) is 58.5. The molecule has 0 aromatic carbocycles. The number of hydrogen-bond acceptors (Lipinski definition) is 6. The van der Waals surface area contributed by atoms with E-state index in [1.54, 1.807) is 0 Å². The lowest BCUT2D eigenvalue weighted by molar-refractivity contribution is -0.167. The van der Waals surface area contributed by atoms with Gasteiger partial charge in [0.15, 0.2) is 6.10 Å². The van der Waals surface area contributed by atoms with Crippen LogP contribution in [0.2, 0.25) is 0 Å². The third-order valence-corrected chi connectivity index (χ3v) is 14.4. The molecule has 0 fully saturated rings. The molecule has 0 bridgehead atoms. The second-order valence-corrected chi connectivity index (χ2v) is 22.3. The summed E-state index contributed by atoms with van der Waals surface area (Å²) in [5, 5.41) is 0. The summed E-state index contributed by atoms with van der Waals surface area (Å²) in [5.41, 5.74) is 0. The molecule has 0 heterocycles. The van der Waals surface area contributed by atoms with E-state index < -0.39 is 6.10 Å². The Morgan fingerprint density at radius 2 is 0.481 bits per heavy atom. The van der Waals surface area contributed by atoms with Crippen LogP contribution in [0.3, 0.4) is 0 Å². The minimum atomic E-state index is -0.801. The lowest BCUT2D eigenvalue weighted by Crippen LogP contribution is -2.30.